The molecule has 0 saturated heterocycles. The van der Waals surface area contributed by atoms with E-state index in [9.17, 15) is 0 Å². The van der Waals surface area contributed by atoms with E-state index in [1.807, 2.05) is 7.05 Å². The van der Waals surface area contributed by atoms with Crippen LogP contribution in [0.2, 0.25) is 0 Å². The molecule has 0 fully saturated rings. The highest BCUT2D eigenvalue weighted by molar-refractivity contribution is 7.15. The maximum Gasteiger partial charge on any atom is 0.182 e. The Morgan fingerprint density at radius 1 is 1.44 bits per heavy atom. The van der Waals surface area contributed by atoms with Crippen LogP contribution >= 0.6 is 36.2 Å². The van der Waals surface area contributed by atoms with Crippen LogP contribution in [-0.4, -0.2) is 24.6 Å². The van der Waals surface area contributed by atoms with Crippen LogP contribution in [0.3, 0.4) is 0 Å². The molecule has 16 heavy (non-hydrogen) atoms. The van der Waals surface area contributed by atoms with Gasteiger partial charge < -0.3 is 10.6 Å². The lowest BCUT2D eigenvalue weighted by molar-refractivity contribution is 0.471. The van der Waals surface area contributed by atoms with Crippen LogP contribution in [0.5, 0.6) is 0 Å². The fourth-order valence-electron chi connectivity index (χ4n) is 1.94. The van der Waals surface area contributed by atoms with Gasteiger partial charge in [-0.15, -0.1) is 36.2 Å². The molecule has 0 bridgehead atoms. The summed E-state index contributed by atoms with van der Waals surface area (Å²) in [6.07, 6.45) is 3.52. The summed E-state index contributed by atoms with van der Waals surface area (Å²) in [6, 6.07) is 0.664. The highest BCUT2D eigenvalue weighted by Gasteiger charge is 2.21. The Labute approximate surface area is 113 Å². The number of hydrogen-bond acceptors (Lipinski definition) is 4. The number of likely N-dealkylation sites (N-methyl/N-ethyl adjacent to an activating group) is 1. The first kappa shape index (κ1) is 16.0. The molecule has 0 radical (unpaired) electrons. The van der Waals surface area contributed by atoms with Crippen molar-refractivity contribution >= 4 is 41.3 Å². The Hall–Kier alpha value is -0.0300. The summed E-state index contributed by atoms with van der Waals surface area (Å²) in [5.74, 6) is 0. The average Bonchev–Trinajstić information content (AvgIpc) is 2.60. The van der Waals surface area contributed by atoms with Crippen LogP contribution in [0.25, 0.3) is 0 Å². The molecule has 0 amide bonds. The molecular weight excluding hydrogens is 265 g/mol. The van der Waals surface area contributed by atoms with Gasteiger partial charge in [-0.2, -0.15) is 0 Å². The first-order chi connectivity index (χ1) is 6.83. The van der Waals surface area contributed by atoms with Gasteiger partial charge in [-0.3, -0.25) is 0 Å². The smallest absolute Gasteiger partial charge is 0.182 e. The number of halogens is 2. The highest BCUT2D eigenvalue weighted by Crippen LogP contribution is 2.29. The Kier molecular flexibility index (Phi) is 7.31. The number of nitrogens with zero attached hydrogens (tertiary/aromatic N) is 1. The van der Waals surface area contributed by atoms with Crippen molar-refractivity contribution in [3.63, 3.8) is 0 Å². The summed E-state index contributed by atoms with van der Waals surface area (Å²) >= 11 is 1.80. The number of rotatable bonds is 3. The minimum absolute atomic E-state index is 0. The number of fused-ring (bicyclic) bond motifs is 1. The number of nitrogens with one attached hydrogen (secondary N) is 2. The monoisotopic (exact) mass is 283 g/mol. The zero-order valence-corrected chi connectivity index (χ0v) is 12.0. The van der Waals surface area contributed by atoms with E-state index in [-0.39, 0.29) is 24.8 Å². The van der Waals surface area contributed by atoms with Crippen molar-refractivity contribution in [3.8, 4) is 0 Å². The zero-order valence-electron chi connectivity index (χ0n) is 9.58. The molecule has 0 saturated carbocycles. The standard InChI is InChI=1S/C10H17N3S.2ClH/c1-3-12-7-4-5-8-9(6-7)14-10(11-2)13-8;;/h7,12H,3-6H2,1-2H3,(H,11,13);2*1H. The third-order valence-electron chi connectivity index (χ3n) is 2.65. The lowest BCUT2D eigenvalue weighted by Gasteiger charge is -2.21. The molecule has 6 heteroatoms. The second-order valence-electron chi connectivity index (χ2n) is 3.64. The number of anilines is 1. The normalized spacial score (nSPS) is 18.0. The lowest BCUT2D eigenvalue weighted by Crippen LogP contribution is -2.33. The van der Waals surface area contributed by atoms with Gasteiger partial charge in [0, 0.05) is 18.0 Å². The third kappa shape index (κ3) is 3.48. The van der Waals surface area contributed by atoms with Gasteiger partial charge in [-0.1, -0.05) is 6.92 Å². The van der Waals surface area contributed by atoms with Gasteiger partial charge in [-0.05, 0) is 25.8 Å². The summed E-state index contributed by atoms with van der Waals surface area (Å²) in [5.41, 5.74) is 1.31. The predicted octanol–water partition coefficient (Wildman–Crippen LogP) is 2.50. The molecule has 94 valence electrons. The SMILES string of the molecule is CCNC1CCc2nc(NC)sc2C1.Cl.Cl. The molecule has 0 spiro atoms. The van der Waals surface area contributed by atoms with Crippen LogP contribution < -0.4 is 10.6 Å². The summed E-state index contributed by atoms with van der Waals surface area (Å²) in [5, 5.41) is 7.69. The van der Waals surface area contributed by atoms with Gasteiger partial charge in [0.1, 0.15) is 0 Å². The van der Waals surface area contributed by atoms with E-state index in [0.717, 1.165) is 24.5 Å². The fourth-order valence-corrected chi connectivity index (χ4v) is 2.99. The lowest BCUT2D eigenvalue weighted by atomic mass is 9.98. The molecule has 1 atom stereocenters. The van der Waals surface area contributed by atoms with Crippen LogP contribution in [0.1, 0.15) is 23.9 Å². The van der Waals surface area contributed by atoms with E-state index in [1.54, 1.807) is 11.3 Å². The zero-order chi connectivity index (χ0) is 9.97. The molecule has 1 heterocycles. The molecule has 1 aromatic rings. The predicted molar refractivity (Wildman–Crippen MR) is 75.6 cm³/mol. The molecule has 2 rings (SSSR count). The first-order valence-electron chi connectivity index (χ1n) is 5.23. The Morgan fingerprint density at radius 2 is 2.19 bits per heavy atom. The van der Waals surface area contributed by atoms with E-state index in [0.29, 0.717) is 6.04 Å². The largest absolute Gasteiger partial charge is 0.365 e. The van der Waals surface area contributed by atoms with Crippen LogP contribution in [0.4, 0.5) is 5.13 Å². The van der Waals surface area contributed by atoms with Crippen molar-refractivity contribution in [3.05, 3.63) is 10.6 Å². The number of hydrogen-bond donors (Lipinski definition) is 2. The molecule has 2 N–H and O–H groups in total. The fraction of sp³-hybridized carbons (Fsp3) is 0.700. The van der Waals surface area contributed by atoms with Crippen molar-refractivity contribution in [2.45, 2.75) is 32.2 Å². The second-order valence-corrected chi connectivity index (χ2v) is 4.72. The van der Waals surface area contributed by atoms with Crippen LogP contribution in [0, 0.1) is 0 Å². The van der Waals surface area contributed by atoms with Crippen LogP contribution in [-0.2, 0) is 12.8 Å². The molecule has 1 aliphatic rings. The van der Waals surface area contributed by atoms with Gasteiger partial charge in [0.25, 0.3) is 0 Å². The van der Waals surface area contributed by atoms with E-state index < -0.39 is 0 Å². The van der Waals surface area contributed by atoms with Gasteiger partial charge in [-0.25, -0.2) is 4.98 Å². The van der Waals surface area contributed by atoms with Crippen molar-refractivity contribution < 1.29 is 0 Å². The topological polar surface area (TPSA) is 37.0 Å². The maximum atomic E-state index is 4.54. The Bertz CT molecular complexity index is 317. The summed E-state index contributed by atoms with van der Waals surface area (Å²) < 4.78 is 0. The number of aryl methyl sites for hydroxylation is 1. The van der Waals surface area contributed by atoms with E-state index >= 15 is 0 Å². The number of aromatic nitrogens is 1. The minimum atomic E-state index is 0. The van der Waals surface area contributed by atoms with Crippen molar-refractivity contribution in [1.29, 1.82) is 0 Å². The molecule has 0 aromatic carbocycles. The van der Waals surface area contributed by atoms with Crippen molar-refractivity contribution in [2.75, 3.05) is 18.9 Å². The Morgan fingerprint density at radius 3 is 2.81 bits per heavy atom. The molecule has 1 unspecified atom stereocenters. The molecule has 0 aliphatic heterocycles. The van der Waals surface area contributed by atoms with Crippen molar-refractivity contribution in [2.24, 2.45) is 0 Å². The molecule has 3 nitrogen and oxygen atoms in total. The van der Waals surface area contributed by atoms with E-state index in [1.165, 1.54) is 17.0 Å². The highest BCUT2D eigenvalue weighted by atomic mass is 35.5. The summed E-state index contributed by atoms with van der Waals surface area (Å²) in [7, 11) is 1.94. The first-order valence-corrected chi connectivity index (χ1v) is 6.04. The molecular formula is C10H19Cl2N3S. The summed E-state index contributed by atoms with van der Waals surface area (Å²) in [4.78, 5) is 6.01. The van der Waals surface area contributed by atoms with Gasteiger partial charge in [0.2, 0.25) is 0 Å². The molecule has 1 aliphatic carbocycles. The minimum Gasteiger partial charge on any atom is -0.365 e. The summed E-state index contributed by atoms with van der Waals surface area (Å²) in [6.45, 7) is 3.24. The van der Waals surface area contributed by atoms with E-state index in [2.05, 4.69) is 22.5 Å². The molecule has 1 aromatic heterocycles. The number of thiazole rings is 1. The third-order valence-corrected chi connectivity index (χ3v) is 3.78. The van der Waals surface area contributed by atoms with Gasteiger partial charge >= 0.3 is 0 Å². The average molecular weight is 284 g/mol. The Balaban J connectivity index is 0.00000112. The van der Waals surface area contributed by atoms with E-state index in [4.69, 9.17) is 0 Å². The maximum absolute atomic E-state index is 4.54. The van der Waals surface area contributed by atoms with Gasteiger partial charge in [0.05, 0.1) is 5.69 Å². The van der Waals surface area contributed by atoms with Gasteiger partial charge in [0.15, 0.2) is 5.13 Å². The quantitative estimate of drug-likeness (QED) is 0.895. The van der Waals surface area contributed by atoms with Crippen molar-refractivity contribution in [1.82, 2.24) is 10.3 Å². The van der Waals surface area contributed by atoms with Crippen LogP contribution in [0.15, 0.2) is 0 Å². The second kappa shape index (κ2) is 7.33.